The lowest BCUT2D eigenvalue weighted by Crippen LogP contribution is -2.25. The van der Waals surface area contributed by atoms with Crippen molar-refractivity contribution in [3.05, 3.63) is 23.8 Å². The standard InChI is InChI=1S/C16H21NO5/c1-10(2)22-13-5-4-11(6-14(13)21-3)8-17-9-12(16(19)20)7-15(17)18/h4-6,10,12H,7-9H2,1-3H3,(H,19,20)/t12-/m0/s1. The smallest absolute Gasteiger partial charge is 0.308 e. The fourth-order valence-corrected chi connectivity index (χ4v) is 2.47. The summed E-state index contributed by atoms with van der Waals surface area (Å²) in [6, 6.07) is 5.49. The van der Waals surface area contributed by atoms with Crippen LogP contribution in [0.25, 0.3) is 0 Å². The second kappa shape index (κ2) is 6.68. The Hall–Kier alpha value is -2.24. The first-order valence-electron chi connectivity index (χ1n) is 7.25. The van der Waals surface area contributed by atoms with E-state index in [1.807, 2.05) is 32.0 Å². The van der Waals surface area contributed by atoms with Gasteiger partial charge in [-0.05, 0) is 31.5 Å². The van der Waals surface area contributed by atoms with Crippen LogP contribution in [0.5, 0.6) is 11.5 Å². The van der Waals surface area contributed by atoms with Gasteiger partial charge in [-0.2, -0.15) is 0 Å². The van der Waals surface area contributed by atoms with Gasteiger partial charge in [-0.1, -0.05) is 6.07 Å². The van der Waals surface area contributed by atoms with Gasteiger partial charge < -0.3 is 19.5 Å². The average molecular weight is 307 g/mol. The number of ether oxygens (including phenoxy) is 2. The minimum Gasteiger partial charge on any atom is -0.493 e. The maximum atomic E-state index is 11.9. The fraction of sp³-hybridized carbons (Fsp3) is 0.500. The average Bonchev–Trinajstić information content (AvgIpc) is 2.81. The molecule has 0 aliphatic carbocycles. The van der Waals surface area contributed by atoms with Crippen LogP contribution < -0.4 is 9.47 Å². The Balaban J connectivity index is 2.10. The van der Waals surface area contributed by atoms with Crippen molar-refractivity contribution in [1.29, 1.82) is 0 Å². The van der Waals surface area contributed by atoms with E-state index in [4.69, 9.17) is 14.6 Å². The molecule has 0 aromatic heterocycles. The van der Waals surface area contributed by atoms with Crippen molar-refractivity contribution in [3.8, 4) is 11.5 Å². The van der Waals surface area contributed by atoms with E-state index in [1.54, 1.807) is 12.0 Å². The summed E-state index contributed by atoms with van der Waals surface area (Å²) in [6.07, 6.45) is 0.109. The highest BCUT2D eigenvalue weighted by molar-refractivity contribution is 5.86. The van der Waals surface area contributed by atoms with E-state index in [1.165, 1.54) is 0 Å². The number of carbonyl (C=O) groups excluding carboxylic acids is 1. The zero-order valence-electron chi connectivity index (χ0n) is 13.0. The Bertz CT molecular complexity index is 570. The molecule has 120 valence electrons. The SMILES string of the molecule is COc1cc(CN2C[C@@H](C(=O)O)CC2=O)ccc1OC(C)C. The van der Waals surface area contributed by atoms with Crippen molar-refractivity contribution in [3.63, 3.8) is 0 Å². The fourth-order valence-electron chi connectivity index (χ4n) is 2.47. The van der Waals surface area contributed by atoms with Gasteiger partial charge in [0, 0.05) is 19.5 Å². The topological polar surface area (TPSA) is 76.1 Å². The molecule has 1 aromatic carbocycles. The van der Waals surface area contributed by atoms with Crippen LogP contribution in [0.3, 0.4) is 0 Å². The van der Waals surface area contributed by atoms with Gasteiger partial charge in [-0.25, -0.2) is 0 Å². The Kier molecular flexibility index (Phi) is 4.90. The molecule has 1 saturated heterocycles. The molecule has 0 spiro atoms. The zero-order valence-corrected chi connectivity index (χ0v) is 13.0. The Labute approximate surface area is 129 Å². The van der Waals surface area contributed by atoms with Crippen LogP contribution in [0, 0.1) is 5.92 Å². The summed E-state index contributed by atoms with van der Waals surface area (Å²) >= 11 is 0. The van der Waals surface area contributed by atoms with Crippen LogP contribution in [0.4, 0.5) is 0 Å². The molecule has 1 N–H and O–H groups in total. The van der Waals surface area contributed by atoms with E-state index in [2.05, 4.69) is 0 Å². The molecular formula is C16H21NO5. The molecule has 6 nitrogen and oxygen atoms in total. The zero-order chi connectivity index (χ0) is 16.3. The number of hydrogen-bond donors (Lipinski definition) is 1. The summed E-state index contributed by atoms with van der Waals surface area (Å²) in [5.41, 5.74) is 0.882. The van der Waals surface area contributed by atoms with E-state index in [9.17, 15) is 9.59 Å². The summed E-state index contributed by atoms with van der Waals surface area (Å²) in [7, 11) is 1.56. The highest BCUT2D eigenvalue weighted by Gasteiger charge is 2.34. The molecule has 0 bridgehead atoms. The molecule has 2 rings (SSSR count). The number of nitrogens with zero attached hydrogens (tertiary/aromatic N) is 1. The van der Waals surface area contributed by atoms with Gasteiger partial charge in [0.05, 0.1) is 19.1 Å². The molecule has 0 radical (unpaired) electrons. The maximum absolute atomic E-state index is 11.9. The summed E-state index contributed by atoms with van der Waals surface area (Å²) in [5.74, 6) is -0.411. The number of carboxylic acids is 1. The lowest BCUT2D eigenvalue weighted by Gasteiger charge is -2.18. The van der Waals surface area contributed by atoms with Gasteiger partial charge in [-0.3, -0.25) is 9.59 Å². The van der Waals surface area contributed by atoms with Crippen molar-refractivity contribution in [2.45, 2.75) is 32.9 Å². The third-order valence-electron chi connectivity index (χ3n) is 3.53. The van der Waals surface area contributed by atoms with E-state index in [0.29, 0.717) is 18.0 Å². The molecule has 0 saturated carbocycles. The van der Waals surface area contributed by atoms with Gasteiger partial charge in [0.15, 0.2) is 11.5 Å². The largest absolute Gasteiger partial charge is 0.493 e. The molecule has 6 heteroatoms. The second-order valence-corrected chi connectivity index (χ2v) is 5.67. The molecule has 1 fully saturated rings. The highest BCUT2D eigenvalue weighted by atomic mass is 16.5. The first kappa shape index (κ1) is 16.1. The Morgan fingerprint density at radius 2 is 2.14 bits per heavy atom. The van der Waals surface area contributed by atoms with Crippen LogP contribution in [-0.2, 0) is 16.1 Å². The highest BCUT2D eigenvalue weighted by Crippen LogP contribution is 2.30. The third-order valence-corrected chi connectivity index (χ3v) is 3.53. The number of amides is 1. The van der Waals surface area contributed by atoms with Gasteiger partial charge >= 0.3 is 5.97 Å². The number of methoxy groups -OCH3 is 1. The van der Waals surface area contributed by atoms with Gasteiger partial charge in [0.2, 0.25) is 5.91 Å². The van der Waals surface area contributed by atoms with E-state index < -0.39 is 11.9 Å². The van der Waals surface area contributed by atoms with E-state index in [-0.39, 0.29) is 25.0 Å². The number of carbonyl (C=O) groups is 2. The second-order valence-electron chi connectivity index (χ2n) is 5.67. The Morgan fingerprint density at radius 3 is 2.68 bits per heavy atom. The number of carboxylic acid groups (broad SMARTS) is 1. The quantitative estimate of drug-likeness (QED) is 0.869. The van der Waals surface area contributed by atoms with Crippen LogP contribution in [0.15, 0.2) is 18.2 Å². The van der Waals surface area contributed by atoms with Gasteiger partial charge in [-0.15, -0.1) is 0 Å². The molecule has 1 aliphatic heterocycles. The monoisotopic (exact) mass is 307 g/mol. The number of benzene rings is 1. The minimum atomic E-state index is -0.922. The number of hydrogen-bond acceptors (Lipinski definition) is 4. The lowest BCUT2D eigenvalue weighted by atomic mass is 10.1. The predicted molar refractivity (Wildman–Crippen MR) is 79.9 cm³/mol. The molecule has 1 aliphatic rings. The van der Waals surface area contributed by atoms with E-state index >= 15 is 0 Å². The maximum Gasteiger partial charge on any atom is 0.308 e. The van der Waals surface area contributed by atoms with Gasteiger partial charge in [0.1, 0.15) is 0 Å². The first-order chi connectivity index (χ1) is 10.4. The van der Waals surface area contributed by atoms with Crippen molar-refractivity contribution in [2.75, 3.05) is 13.7 Å². The van der Waals surface area contributed by atoms with Crippen molar-refractivity contribution >= 4 is 11.9 Å². The van der Waals surface area contributed by atoms with Crippen molar-refractivity contribution in [2.24, 2.45) is 5.92 Å². The van der Waals surface area contributed by atoms with E-state index in [0.717, 1.165) is 5.56 Å². The lowest BCUT2D eigenvalue weighted by molar-refractivity contribution is -0.141. The normalized spacial score (nSPS) is 17.9. The van der Waals surface area contributed by atoms with Crippen molar-refractivity contribution in [1.82, 2.24) is 4.90 Å². The summed E-state index contributed by atoms with van der Waals surface area (Å²) in [5, 5.41) is 9.00. The van der Waals surface area contributed by atoms with Crippen LogP contribution in [-0.4, -0.2) is 41.6 Å². The van der Waals surface area contributed by atoms with Crippen LogP contribution in [0.2, 0.25) is 0 Å². The predicted octanol–water partition coefficient (Wildman–Crippen LogP) is 1.92. The molecule has 1 aromatic rings. The summed E-state index contributed by atoms with van der Waals surface area (Å²) in [4.78, 5) is 24.4. The summed E-state index contributed by atoms with van der Waals surface area (Å²) in [6.45, 7) is 4.49. The third kappa shape index (κ3) is 3.69. The van der Waals surface area contributed by atoms with Crippen LogP contribution >= 0.6 is 0 Å². The molecular weight excluding hydrogens is 286 g/mol. The molecule has 1 amide bonds. The first-order valence-corrected chi connectivity index (χ1v) is 7.25. The van der Waals surface area contributed by atoms with Crippen LogP contribution in [0.1, 0.15) is 25.8 Å². The molecule has 22 heavy (non-hydrogen) atoms. The molecule has 1 atom stereocenters. The minimum absolute atomic E-state index is 0.0382. The molecule has 1 heterocycles. The van der Waals surface area contributed by atoms with Gasteiger partial charge in [0.25, 0.3) is 0 Å². The molecule has 0 unspecified atom stereocenters. The van der Waals surface area contributed by atoms with Crippen molar-refractivity contribution < 1.29 is 24.2 Å². The number of rotatable bonds is 6. The Morgan fingerprint density at radius 1 is 1.41 bits per heavy atom. The summed E-state index contributed by atoms with van der Waals surface area (Å²) < 4.78 is 11.0. The number of aliphatic carboxylic acids is 1. The number of likely N-dealkylation sites (tertiary alicyclic amines) is 1.